The number of fused-ring (bicyclic) bond motifs is 1. The molecule has 108 valence electrons. The maximum absolute atomic E-state index is 5.85. The quantitative estimate of drug-likeness (QED) is 0.856. The van der Waals surface area contributed by atoms with Gasteiger partial charge in [-0.05, 0) is 32.2 Å². The predicted molar refractivity (Wildman–Crippen MR) is 80.3 cm³/mol. The van der Waals surface area contributed by atoms with E-state index in [-0.39, 0.29) is 6.10 Å². The Hall–Kier alpha value is -1.52. The second-order valence-corrected chi connectivity index (χ2v) is 5.35. The molecule has 1 saturated heterocycles. The van der Waals surface area contributed by atoms with Crippen molar-refractivity contribution in [3.63, 3.8) is 0 Å². The van der Waals surface area contributed by atoms with Gasteiger partial charge in [-0.1, -0.05) is 6.07 Å². The lowest BCUT2D eigenvalue weighted by molar-refractivity contribution is -0.0269. The van der Waals surface area contributed by atoms with Crippen LogP contribution in [0.1, 0.15) is 6.92 Å². The Labute approximate surface area is 119 Å². The Morgan fingerprint density at radius 1 is 1.35 bits per heavy atom. The molecule has 0 N–H and O–H groups in total. The first kappa shape index (κ1) is 13.5. The average Bonchev–Trinajstić information content (AvgIpc) is 2.84. The average molecular weight is 274 g/mol. The highest BCUT2D eigenvalue weighted by Gasteiger charge is 2.18. The maximum Gasteiger partial charge on any atom is 0.128 e. The standard InChI is InChI=1S/C16H22N2O2/c1-3-19-16-6-4-5-15-14(16)7-8-18(15)12-13-11-17(2)9-10-20-13/h4-8,13H,3,9-12H2,1-2H3. The van der Waals surface area contributed by atoms with E-state index in [1.807, 2.05) is 13.0 Å². The van der Waals surface area contributed by atoms with E-state index < -0.39 is 0 Å². The number of benzene rings is 1. The summed E-state index contributed by atoms with van der Waals surface area (Å²) in [5.41, 5.74) is 1.22. The smallest absolute Gasteiger partial charge is 0.128 e. The van der Waals surface area contributed by atoms with Gasteiger partial charge in [0.2, 0.25) is 0 Å². The molecule has 3 rings (SSSR count). The van der Waals surface area contributed by atoms with Crippen molar-refractivity contribution in [1.29, 1.82) is 0 Å². The zero-order chi connectivity index (χ0) is 13.9. The van der Waals surface area contributed by atoms with Crippen LogP contribution in [-0.2, 0) is 11.3 Å². The predicted octanol–water partition coefficient (Wildman–Crippen LogP) is 2.37. The van der Waals surface area contributed by atoms with Crippen LogP contribution in [0.15, 0.2) is 30.5 Å². The van der Waals surface area contributed by atoms with Crippen LogP contribution in [0.25, 0.3) is 10.9 Å². The summed E-state index contributed by atoms with van der Waals surface area (Å²) in [5.74, 6) is 0.963. The maximum atomic E-state index is 5.85. The molecule has 1 aromatic heterocycles. The van der Waals surface area contributed by atoms with Crippen molar-refractivity contribution < 1.29 is 9.47 Å². The third-order valence-electron chi connectivity index (χ3n) is 3.82. The van der Waals surface area contributed by atoms with E-state index in [9.17, 15) is 0 Å². The van der Waals surface area contributed by atoms with E-state index in [0.29, 0.717) is 6.61 Å². The molecule has 1 fully saturated rings. The third kappa shape index (κ3) is 2.67. The monoisotopic (exact) mass is 274 g/mol. The number of likely N-dealkylation sites (N-methyl/N-ethyl adjacent to an activating group) is 1. The zero-order valence-electron chi connectivity index (χ0n) is 12.2. The largest absolute Gasteiger partial charge is 0.493 e. The van der Waals surface area contributed by atoms with Gasteiger partial charge in [-0.2, -0.15) is 0 Å². The highest BCUT2D eigenvalue weighted by atomic mass is 16.5. The van der Waals surface area contributed by atoms with Crippen LogP contribution >= 0.6 is 0 Å². The van der Waals surface area contributed by atoms with E-state index in [1.54, 1.807) is 0 Å². The normalized spacial score (nSPS) is 20.4. The topological polar surface area (TPSA) is 26.6 Å². The van der Waals surface area contributed by atoms with Crippen molar-refractivity contribution in [2.45, 2.75) is 19.6 Å². The second kappa shape index (κ2) is 5.85. The van der Waals surface area contributed by atoms with E-state index >= 15 is 0 Å². The van der Waals surface area contributed by atoms with Crippen LogP contribution in [0.3, 0.4) is 0 Å². The lowest BCUT2D eigenvalue weighted by Gasteiger charge is -2.30. The van der Waals surface area contributed by atoms with Crippen LogP contribution in [0, 0.1) is 0 Å². The fourth-order valence-electron chi connectivity index (χ4n) is 2.83. The molecule has 1 unspecified atom stereocenters. The van der Waals surface area contributed by atoms with Crippen LogP contribution in [-0.4, -0.2) is 48.9 Å². The molecule has 0 saturated carbocycles. The van der Waals surface area contributed by atoms with Crippen molar-refractivity contribution in [3.05, 3.63) is 30.5 Å². The first-order valence-electron chi connectivity index (χ1n) is 7.28. The van der Waals surface area contributed by atoms with Gasteiger partial charge in [0.05, 0.1) is 31.4 Å². The Bertz CT molecular complexity index is 579. The molecule has 1 aliphatic rings. The van der Waals surface area contributed by atoms with Crippen LogP contribution in [0.2, 0.25) is 0 Å². The highest BCUT2D eigenvalue weighted by molar-refractivity contribution is 5.86. The molecule has 0 aliphatic carbocycles. The molecule has 0 radical (unpaired) electrons. The number of hydrogen-bond donors (Lipinski definition) is 0. The van der Waals surface area contributed by atoms with E-state index in [4.69, 9.17) is 9.47 Å². The Balaban J connectivity index is 1.83. The van der Waals surface area contributed by atoms with Gasteiger partial charge in [-0.3, -0.25) is 0 Å². The number of morpholine rings is 1. The minimum absolute atomic E-state index is 0.264. The van der Waals surface area contributed by atoms with Crippen molar-refractivity contribution in [2.75, 3.05) is 33.4 Å². The summed E-state index contributed by atoms with van der Waals surface area (Å²) in [7, 11) is 2.15. The Kier molecular flexibility index (Phi) is 3.94. The molecular formula is C16H22N2O2. The first-order chi connectivity index (χ1) is 9.78. The minimum Gasteiger partial charge on any atom is -0.493 e. The molecule has 2 heterocycles. The van der Waals surface area contributed by atoms with Gasteiger partial charge in [0.15, 0.2) is 0 Å². The van der Waals surface area contributed by atoms with Gasteiger partial charge in [0.1, 0.15) is 5.75 Å². The zero-order valence-corrected chi connectivity index (χ0v) is 12.2. The summed E-state index contributed by atoms with van der Waals surface area (Å²) in [6, 6.07) is 8.36. The lowest BCUT2D eigenvalue weighted by Crippen LogP contribution is -2.41. The molecule has 4 nitrogen and oxygen atoms in total. The van der Waals surface area contributed by atoms with Gasteiger partial charge >= 0.3 is 0 Å². The number of nitrogens with zero attached hydrogens (tertiary/aromatic N) is 2. The van der Waals surface area contributed by atoms with Crippen LogP contribution in [0.5, 0.6) is 5.75 Å². The molecular weight excluding hydrogens is 252 g/mol. The summed E-state index contributed by atoms with van der Waals surface area (Å²) in [6.45, 7) is 6.44. The second-order valence-electron chi connectivity index (χ2n) is 5.35. The number of aromatic nitrogens is 1. The van der Waals surface area contributed by atoms with Crippen molar-refractivity contribution in [1.82, 2.24) is 9.47 Å². The highest BCUT2D eigenvalue weighted by Crippen LogP contribution is 2.27. The van der Waals surface area contributed by atoms with Crippen molar-refractivity contribution >= 4 is 10.9 Å². The Morgan fingerprint density at radius 3 is 3.05 bits per heavy atom. The molecule has 1 aromatic carbocycles. The van der Waals surface area contributed by atoms with Crippen LogP contribution < -0.4 is 4.74 Å². The van der Waals surface area contributed by atoms with Gasteiger partial charge in [-0.15, -0.1) is 0 Å². The molecule has 20 heavy (non-hydrogen) atoms. The Morgan fingerprint density at radius 2 is 2.25 bits per heavy atom. The van der Waals surface area contributed by atoms with Gasteiger partial charge in [-0.25, -0.2) is 0 Å². The molecule has 0 amide bonds. The minimum atomic E-state index is 0.264. The first-order valence-corrected chi connectivity index (χ1v) is 7.28. The van der Waals surface area contributed by atoms with Gasteiger partial charge in [0, 0.05) is 24.7 Å². The summed E-state index contributed by atoms with van der Waals surface area (Å²) >= 11 is 0. The molecule has 0 bridgehead atoms. The summed E-state index contributed by atoms with van der Waals surface area (Å²) in [4.78, 5) is 2.32. The third-order valence-corrected chi connectivity index (χ3v) is 3.82. The SMILES string of the molecule is CCOc1cccc2c1ccn2CC1CN(C)CCO1. The number of hydrogen-bond acceptors (Lipinski definition) is 3. The van der Waals surface area contributed by atoms with E-state index in [2.05, 4.69) is 40.9 Å². The number of ether oxygens (including phenoxy) is 2. The molecule has 0 spiro atoms. The van der Waals surface area contributed by atoms with E-state index in [0.717, 1.165) is 32.0 Å². The van der Waals surface area contributed by atoms with Gasteiger partial charge < -0.3 is 18.9 Å². The fraction of sp³-hybridized carbons (Fsp3) is 0.500. The van der Waals surface area contributed by atoms with Gasteiger partial charge in [0.25, 0.3) is 0 Å². The van der Waals surface area contributed by atoms with E-state index in [1.165, 1.54) is 10.9 Å². The lowest BCUT2D eigenvalue weighted by atomic mass is 10.2. The molecule has 4 heteroatoms. The molecule has 2 aromatic rings. The molecule has 1 aliphatic heterocycles. The summed E-state index contributed by atoms with van der Waals surface area (Å²) in [5, 5.41) is 1.18. The van der Waals surface area contributed by atoms with Crippen molar-refractivity contribution in [2.24, 2.45) is 0 Å². The van der Waals surface area contributed by atoms with Crippen molar-refractivity contribution in [3.8, 4) is 5.75 Å². The number of rotatable bonds is 4. The summed E-state index contributed by atoms with van der Waals surface area (Å²) in [6.07, 6.45) is 2.39. The van der Waals surface area contributed by atoms with Crippen LogP contribution in [0.4, 0.5) is 0 Å². The molecule has 1 atom stereocenters. The fourth-order valence-corrected chi connectivity index (χ4v) is 2.83. The summed E-state index contributed by atoms with van der Waals surface area (Å²) < 4.78 is 13.8.